The molecule has 0 unspecified atom stereocenters. The molecule has 8 rings (SSSR count). The van der Waals surface area contributed by atoms with E-state index in [0.29, 0.717) is 47.9 Å². The molecule has 5 heterocycles. The summed E-state index contributed by atoms with van der Waals surface area (Å²) in [5.74, 6) is -3.16. The predicted octanol–water partition coefficient (Wildman–Crippen LogP) is 6.34. The molecule has 1 N–H and O–H groups in total. The number of hydrogen-bond donors (Lipinski definition) is 1. The van der Waals surface area contributed by atoms with Gasteiger partial charge in [-0.25, -0.2) is 9.07 Å². The molecule has 12 nitrogen and oxygen atoms in total. The number of benzene rings is 3. The molecule has 0 bridgehead atoms. The van der Waals surface area contributed by atoms with Gasteiger partial charge in [0.1, 0.15) is 29.5 Å². The summed E-state index contributed by atoms with van der Waals surface area (Å²) in [4.78, 5) is 48.5. The fraction of sp³-hybridized carbons (Fsp3) is 0.432. The highest BCUT2D eigenvalue weighted by Gasteiger charge is 2.48. The number of piperidine rings is 1. The third-order valence-electron chi connectivity index (χ3n) is 12.2. The van der Waals surface area contributed by atoms with Crippen molar-refractivity contribution in [2.75, 3.05) is 57.4 Å². The Kier molecular flexibility index (Phi) is 11.4. The van der Waals surface area contributed by atoms with Crippen molar-refractivity contribution in [3.63, 3.8) is 0 Å². The highest BCUT2D eigenvalue weighted by atomic mass is 19.4. The average molecular weight is 828 g/mol. The van der Waals surface area contributed by atoms with Gasteiger partial charge in [0.15, 0.2) is 5.69 Å². The molecule has 3 amide bonds. The number of hydrogen-bond acceptors (Lipinski definition) is 8. The van der Waals surface area contributed by atoms with E-state index in [1.165, 1.54) is 44.8 Å². The first-order chi connectivity index (χ1) is 28.9. The van der Waals surface area contributed by atoms with Gasteiger partial charge in [0.2, 0.25) is 0 Å². The van der Waals surface area contributed by atoms with Crippen molar-refractivity contribution >= 4 is 23.5 Å². The number of nitriles is 1. The van der Waals surface area contributed by atoms with Crippen molar-refractivity contribution in [2.24, 2.45) is 5.41 Å². The Balaban J connectivity index is 1.17. The number of ether oxygens (including phenoxy) is 2. The number of fused-ring (bicyclic) bond motifs is 1. The van der Waals surface area contributed by atoms with Gasteiger partial charge < -0.3 is 24.6 Å². The van der Waals surface area contributed by atoms with Crippen LogP contribution in [-0.4, -0.2) is 102 Å². The van der Waals surface area contributed by atoms with Gasteiger partial charge in [0.05, 0.1) is 37.1 Å². The summed E-state index contributed by atoms with van der Waals surface area (Å²) in [6, 6.07) is 16.1. The van der Waals surface area contributed by atoms with Crippen LogP contribution in [-0.2, 0) is 15.7 Å². The molecule has 4 aromatic rings. The molecule has 3 atom stereocenters. The van der Waals surface area contributed by atoms with Crippen LogP contribution in [0.1, 0.15) is 82.5 Å². The molecule has 1 aromatic heterocycles. The monoisotopic (exact) mass is 827 g/mol. The fourth-order valence-electron chi connectivity index (χ4n) is 8.82. The van der Waals surface area contributed by atoms with Gasteiger partial charge in [0.25, 0.3) is 17.7 Å². The predicted molar refractivity (Wildman–Crippen MR) is 211 cm³/mol. The number of halogens is 4. The zero-order valence-corrected chi connectivity index (χ0v) is 33.1. The zero-order valence-electron chi connectivity index (χ0n) is 33.1. The van der Waals surface area contributed by atoms with Crippen LogP contribution >= 0.6 is 0 Å². The van der Waals surface area contributed by atoms with Gasteiger partial charge in [0, 0.05) is 48.2 Å². The second kappa shape index (κ2) is 16.7. The van der Waals surface area contributed by atoms with Crippen LogP contribution in [0.2, 0.25) is 0 Å². The van der Waals surface area contributed by atoms with E-state index < -0.39 is 53.3 Å². The molecule has 4 aliphatic heterocycles. The number of anilines is 1. The molecule has 0 radical (unpaired) electrons. The van der Waals surface area contributed by atoms with Gasteiger partial charge in [-0.2, -0.15) is 23.5 Å². The van der Waals surface area contributed by atoms with E-state index in [0.717, 1.165) is 64.2 Å². The van der Waals surface area contributed by atoms with Crippen LogP contribution in [0, 0.1) is 22.6 Å². The van der Waals surface area contributed by atoms with Crippen molar-refractivity contribution < 1.29 is 41.4 Å². The number of rotatable bonds is 11. The lowest BCUT2D eigenvalue weighted by atomic mass is 9.77. The number of aromatic nitrogens is 2. The van der Waals surface area contributed by atoms with Crippen LogP contribution in [0.15, 0.2) is 72.8 Å². The van der Waals surface area contributed by atoms with Gasteiger partial charge >= 0.3 is 6.18 Å². The van der Waals surface area contributed by atoms with Crippen molar-refractivity contribution in [2.45, 2.75) is 63.2 Å². The first-order valence-electron chi connectivity index (χ1n) is 20.3. The van der Waals surface area contributed by atoms with Crippen molar-refractivity contribution in [3.05, 3.63) is 107 Å². The molecule has 0 saturated carbocycles. The summed E-state index contributed by atoms with van der Waals surface area (Å²) in [6.45, 7) is 7.12. The van der Waals surface area contributed by atoms with E-state index in [1.54, 1.807) is 31.2 Å². The van der Waals surface area contributed by atoms with Crippen molar-refractivity contribution in [1.82, 2.24) is 24.9 Å². The second-order valence-corrected chi connectivity index (χ2v) is 16.0. The molecular weight excluding hydrogens is 783 g/mol. The molecule has 0 aliphatic carbocycles. The van der Waals surface area contributed by atoms with E-state index in [2.05, 4.69) is 16.3 Å². The first-order valence-corrected chi connectivity index (χ1v) is 20.3. The maximum absolute atomic E-state index is 14.8. The molecule has 60 heavy (non-hydrogen) atoms. The minimum Gasteiger partial charge on any atom is -0.493 e. The fourth-order valence-corrected chi connectivity index (χ4v) is 8.82. The van der Waals surface area contributed by atoms with E-state index in [4.69, 9.17) is 14.6 Å². The lowest BCUT2D eigenvalue weighted by molar-refractivity contribution is -0.139. The van der Waals surface area contributed by atoms with Crippen molar-refractivity contribution in [3.8, 4) is 17.5 Å². The second-order valence-electron chi connectivity index (χ2n) is 16.0. The summed E-state index contributed by atoms with van der Waals surface area (Å²) < 4.78 is 68.6. The number of carbonyl (C=O) groups excluding carboxylic acids is 3. The number of nitrogens with zero attached hydrogens (tertiary/aromatic N) is 6. The lowest BCUT2D eigenvalue weighted by Crippen LogP contribution is -2.55. The van der Waals surface area contributed by atoms with Gasteiger partial charge in [-0.05, 0) is 100 Å². The Morgan fingerprint density at radius 3 is 2.47 bits per heavy atom. The molecule has 4 aliphatic rings. The Bertz CT molecular complexity index is 2290. The Morgan fingerprint density at radius 1 is 1.03 bits per heavy atom. The average Bonchev–Trinajstić information content (AvgIpc) is 3.88. The lowest BCUT2D eigenvalue weighted by Gasteiger charge is -2.47. The summed E-state index contributed by atoms with van der Waals surface area (Å²) in [5.41, 5.74) is -0.0905. The quantitative estimate of drug-likeness (QED) is 0.137. The number of likely N-dealkylation sites (N-methyl/N-ethyl adjacent to an activating group) is 1. The van der Waals surface area contributed by atoms with Crippen LogP contribution < -0.4 is 15.0 Å². The van der Waals surface area contributed by atoms with Gasteiger partial charge in [-0.1, -0.05) is 24.3 Å². The molecule has 3 saturated heterocycles. The van der Waals surface area contributed by atoms with Crippen LogP contribution in [0.5, 0.6) is 5.75 Å². The molecule has 16 heteroatoms. The van der Waals surface area contributed by atoms with E-state index in [-0.39, 0.29) is 35.7 Å². The minimum atomic E-state index is -4.73. The summed E-state index contributed by atoms with van der Waals surface area (Å²) >= 11 is 0. The standard InChI is InChI=1S/C44H45F4N7O5/c1-2-53-40-36(35(28-12-14-31(45)15-13-28)37(41(53)57)50-39(56)29-7-3-8-30(23-29)44(46,47)48)38(42(58)54-19-5-10-33(54)25-49)51-55(40)32-9-4-11-34(24-32)60-22-6-18-52-20-16-43(17-21-52)26-59-27-43/h3-4,7-9,11-15,23-24,33,35,37H,2,5-6,10,16-22,26-27H2,1H3,(H,50,56)/t33-,35-,37-/m0/s1. The number of alkyl halides is 3. The Morgan fingerprint density at radius 2 is 1.78 bits per heavy atom. The smallest absolute Gasteiger partial charge is 0.416 e. The third kappa shape index (κ3) is 7.95. The Labute approximate surface area is 344 Å². The maximum atomic E-state index is 14.8. The van der Waals surface area contributed by atoms with Gasteiger partial charge in [-0.15, -0.1) is 0 Å². The van der Waals surface area contributed by atoms with Crippen molar-refractivity contribution in [1.29, 1.82) is 5.26 Å². The molecular formula is C44H45F4N7O5. The van der Waals surface area contributed by atoms with E-state index >= 15 is 0 Å². The first kappa shape index (κ1) is 41.0. The maximum Gasteiger partial charge on any atom is 0.416 e. The number of carbonyl (C=O) groups is 3. The molecule has 314 valence electrons. The van der Waals surface area contributed by atoms with E-state index in [9.17, 15) is 37.2 Å². The highest BCUT2D eigenvalue weighted by molar-refractivity contribution is 6.07. The number of likely N-dealkylation sites (tertiary alicyclic amines) is 2. The Hall–Kier alpha value is -5.79. The third-order valence-corrected chi connectivity index (χ3v) is 12.2. The normalized spacial score (nSPS) is 21.3. The largest absolute Gasteiger partial charge is 0.493 e. The molecule has 3 fully saturated rings. The topological polar surface area (TPSA) is 133 Å². The van der Waals surface area contributed by atoms with Crippen LogP contribution in [0.4, 0.5) is 23.4 Å². The minimum absolute atomic E-state index is 0.0442. The highest BCUT2D eigenvalue weighted by Crippen LogP contribution is 2.45. The summed E-state index contributed by atoms with van der Waals surface area (Å²) in [7, 11) is 0. The summed E-state index contributed by atoms with van der Waals surface area (Å²) in [5, 5.41) is 17.5. The zero-order chi connectivity index (χ0) is 42.2. The SMILES string of the molecule is CCN1C(=O)[C@@H](NC(=O)c2cccc(C(F)(F)F)c2)[C@@H](c2ccc(F)cc2)c2c(C(=O)N3CCC[C@H]3C#N)nn(-c3cccc(OCCCN4CCC5(CC4)COC5)c3)c21. The van der Waals surface area contributed by atoms with Crippen LogP contribution in [0.25, 0.3) is 5.69 Å². The number of amides is 3. The van der Waals surface area contributed by atoms with Gasteiger partial charge in [-0.3, -0.25) is 19.3 Å². The van der Waals surface area contributed by atoms with Crippen LogP contribution in [0.3, 0.4) is 0 Å². The molecule has 1 spiro atoms. The number of nitrogens with one attached hydrogen (secondary N) is 1. The summed E-state index contributed by atoms with van der Waals surface area (Å²) in [6.07, 6.45) is -0.639. The molecule has 3 aromatic carbocycles. The van der Waals surface area contributed by atoms with E-state index in [1.807, 2.05) is 0 Å².